The van der Waals surface area contributed by atoms with Crippen LogP contribution in [-0.4, -0.2) is 43.7 Å². The minimum Gasteiger partial charge on any atom is -0.468 e. The summed E-state index contributed by atoms with van der Waals surface area (Å²) in [6, 6.07) is 11.1. The zero-order chi connectivity index (χ0) is 17.5. The molecule has 1 N–H and O–H groups in total. The van der Waals surface area contributed by atoms with E-state index in [1.165, 1.54) is 6.08 Å². The van der Waals surface area contributed by atoms with E-state index in [0.29, 0.717) is 24.8 Å². The van der Waals surface area contributed by atoms with Crippen LogP contribution in [0.2, 0.25) is 5.02 Å². The number of hydrogen-bond donors (Lipinski definition) is 1. The van der Waals surface area contributed by atoms with Crippen LogP contribution in [0.1, 0.15) is 17.4 Å². The van der Waals surface area contributed by atoms with Crippen LogP contribution in [0.5, 0.6) is 0 Å². The molecule has 1 aromatic heterocycles. The van der Waals surface area contributed by atoms with Gasteiger partial charge < -0.3 is 14.5 Å². The molecule has 25 heavy (non-hydrogen) atoms. The third-order valence-corrected chi connectivity index (χ3v) is 4.38. The maximum atomic E-state index is 12.1. The highest BCUT2D eigenvalue weighted by Crippen LogP contribution is 2.21. The van der Waals surface area contributed by atoms with Gasteiger partial charge in [-0.1, -0.05) is 23.7 Å². The summed E-state index contributed by atoms with van der Waals surface area (Å²) in [5.74, 6) is 0.712. The van der Waals surface area contributed by atoms with Gasteiger partial charge in [0.05, 0.1) is 25.5 Å². The zero-order valence-electron chi connectivity index (χ0n) is 13.9. The number of ether oxygens (including phenoxy) is 1. The summed E-state index contributed by atoms with van der Waals surface area (Å²) in [4.78, 5) is 14.4. The lowest BCUT2D eigenvalue weighted by Crippen LogP contribution is -2.43. The Morgan fingerprint density at radius 1 is 1.24 bits per heavy atom. The van der Waals surface area contributed by atoms with E-state index in [2.05, 4.69) is 10.2 Å². The molecule has 0 radical (unpaired) electrons. The lowest BCUT2D eigenvalue weighted by molar-refractivity contribution is -0.116. The Morgan fingerprint density at radius 2 is 2.00 bits per heavy atom. The first-order chi connectivity index (χ1) is 12.2. The number of carbonyl (C=O) groups is 1. The van der Waals surface area contributed by atoms with Gasteiger partial charge in [0.1, 0.15) is 5.76 Å². The van der Waals surface area contributed by atoms with Crippen LogP contribution in [0, 0.1) is 0 Å². The van der Waals surface area contributed by atoms with Gasteiger partial charge in [-0.3, -0.25) is 9.69 Å². The fourth-order valence-corrected chi connectivity index (χ4v) is 2.91. The first-order valence-electron chi connectivity index (χ1n) is 8.29. The third kappa shape index (κ3) is 5.19. The predicted octanol–water partition coefficient (Wildman–Crippen LogP) is 3.14. The Kier molecular flexibility index (Phi) is 6.28. The second kappa shape index (κ2) is 8.85. The minimum absolute atomic E-state index is 0.00628. The molecule has 1 saturated heterocycles. The van der Waals surface area contributed by atoms with Crippen molar-refractivity contribution in [3.05, 3.63) is 65.1 Å². The first kappa shape index (κ1) is 17.7. The summed E-state index contributed by atoms with van der Waals surface area (Å²) in [5.41, 5.74) is 0.926. The second-order valence-corrected chi connectivity index (χ2v) is 6.25. The molecule has 1 atom stereocenters. The van der Waals surface area contributed by atoms with E-state index in [-0.39, 0.29) is 11.9 Å². The standard InChI is InChI=1S/C19H21ClN2O3/c20-16-6-3-15(4-7-16)5-8-19(23)21-14-17(18-2-1-11-25-18)22-9-12-24-13-10-22/h1-8,11,17H,9-10,12-14H2,(H,21,23). The minimum atomic E-state index is -0.139. The number of morpholine rings is 1. The summed E-state index contributed by atoms with van der Waals surface area (Å²) >= 11 is 5.86. The summed E-state index contributed by atoms with van der Waals surface area (Å²) in [6.07, 6.45) is 4.95. The molecule has 3 rings (SSSR count). The highest BCUT2D eigenvalue weighted by Gasteiger charge is 2.24. The lowest BCUT2D eigenvalue weighted by Gasteiger charge is -2.33. The number of hydrogen-bond acceptors (Lipinski definition) is 4. The lowest BCUT2D eigenvalue weighted by atomic mass is 10.1. The van der Waals surface area contributed by atoms with Gasteiger partial charge in [-0.15, -0.1) is 0 Å². The van der Waals surface area contributed by atoms with E-state index >= 15 is 0 Å². The van der Waals surface area contributed by atoms with E-state index in [4.69, 9.17) is 20.8 Å². The van der Waals surface area contributed by atoms with Crippen molar-refractivity contribution >= 4 is 23.6 Å². The Labute approximate surface area is 152 Å². The molecule has 1 aliphatic rings. The molecular weight excluding hydrogens is 340 g/mol. The van der Waals surface area contributed by atoms with Gasteiger partial charge >= 0.3 is 0 Å². The molecule has 1 aliphatic heterocycles. The summed E-state index contributed by atoms with van der Waals surface area (Å²) < 4.78 is 11.0. The normalized spacial score (nSPS) is 16.8. The largest absolute Gasteiger partial charge is 0.468 e. The van der Waals surface area contributed by atoms with Crippen molar-refractivity contribution in [3.63, 3.8) is 0 Å². The summed E-state index contributed by atoms with van der Waals surface area (Å²) in [5, 5.41) is 3.63. The highest BCUT2D eigenvalue weighted by atomic mass is 35.5. The summed E-state index contributed by atoms with van der Waals surface area (Å²) in [7, 11) is 0. The summed E-state index contributed by atoms with van der Waals surface area (Å²) in [6.45, 7) is 3.52. The van der Waals surface area contributed by atoms with E-state index in [0.717, 1.165) is 24.4 Å². The second-order valence-electron chi connectivity index (χ2n) is 5.81. The van der Waals surface area contributed by atoms with Crippen molar-refractivity contribution in [3.8, 4) is 0 Å². The Hall–Kier alpha value is -2.08. The van der Waals surface area contributed by atoms with Crippen LogP contribution in [0.4, 0.5) is 0 Å². The average Bonchev–Trinajstić information content (AvgIpc) is 3.17. The number of carbonyl (C=O) groups excluding carboxylic acids is 1. The smallest absolute Gasteiger partial charge is 0.244 e. The number of benzene rings is 1. The van der Waals surface area contributed by atoms with Crippen molar-refractivity contribution in [1.29, 1.82) is 0 Å². The number of amides is 1. The molecule has 0 spiro atoms. The van der Waals surface area contributed by atoms with Crippen molar-refractivity contribution in [2.24, 2.45) is 0 Å². The first-order valence-corrected chi connectivity index (χ1v) is 8.67. The fraction of sp³-hybridized carbons (Fsp3) is 0.316. The molecule has 6 heteroatoms. The van der Waals surface area contributed by atoms with Crippen LogP contribution in [0.15, 0.2) is 53.2 Å². The van der Waals surface area contributed by atoms with Gasteiger partial charge in [0, 0.05) is 30.7 Å². The fourth-order valence-electron chi connectivity index (χ4n) is 2.78. The van der Waals surface area contributed by atoms with E-state index in [1.807, 2.05) is 24.3 Å². The van der Waals surface area contributed by atoms with Crippen molar-refractivity contribution in [1.82, 2.24) is 10.2 Å². The monoisotopic (exact) mass is 360 g/mol. The van der Waals surface area contributed by atoms with E-state index in [1.54, 1.807) is 24.5 Å². The van der Waals surface area contributed by atoms with E-state index in [9.17, 15) is 4.79 Å². The number of nitrogens with zero attached hydrogens (tertiary/aromatic N) is 1. The van der Waals surface area contributed by atoms with Crippen molar-refractivity contribution < 1.29 is 13.9 Å². The quantitative estimate of drug-likeness (QED) is 0.804. The maximum Gasteiger partial charge on any atom is 0.244 e. The maximum absolute atomic E-state index is 12.1. The molecule has 2 aromatic rings. The molecule has 1 fully saturated rings. The third-order valence-electron chi connectivity index (χ3n) is 4.12. The number of nitrogens with one attached hydrogen (secondary N) is 1. The van der Waals surface area contributed by atoms with Gasteiger partial charge in [-0.25, -0.2) is 0 Å². The van der Waals surface area contributed by atoms with E-state index < -0.39 is 0 Å². The highest BCUT2D eigenvalue weighted by molar-refractivity contribution is 6.30. The predicted molar refractivity (Wildman–Crippen MR) is 97.3 cm³/mol. The zero-order valence-corrected chi connectivity index (χ0v) is 14.6. The Balaban J connectivity index is 1.58. The molecule has 1 amide bonds. The molecule has 0 saturated carbocycles. The van der Waals surface area contributed by atoms with Crippen LogP contribution in [0.25, 0.3) is 6.08 Å². The molecule has 0 aliphatic carbocycles. The number of halogens is 1. The van der Waals surface area contributed by atoms with Gasteiger partial charge in [0.2, 0.25) is 5.91 Å². The Morgan fingerprint density at radius 3 is 2.68 bits per heavy atom. The van der Waals surface area contributed by atoms with Crippen LogP contribution in [-0.2, 0) is 9.53 Å². The van der Waals surface area contributed by atoms with Crippen LogP contribution < -0.4 is 5.32 Å². The molecule has 132 valence electrons. The molecule has 5 nitrogen and oxygen atoms in total. The molecule has 1 unspecified atom stereocenters. The molecule has 0 bridgehead atoms. The Bertz CT molecular complexity index is 692. The van der Waals surface area contributed by atoms with Crippen LogP contribution in [0.3, 0.4) is 0 Å². The SMILES string of the molecule is O=C(C=Cc1ccc(Cl)cc1)NCC(c1ccco1)N1CCOCC1. The van der Waals surface area contributed by atoms with Gasteiger partial charge in [0.15, 0.2) is 0 Å². The molecule has 1 aromatic carbocycles. The number of furan rings is 1. The van der Waals surface area contributed by atoms with Gasteiger partial charge in [-0.2, -0.15) is 0 Å². The number of rotatable bonds is 6. The van der Waals surface area contributed by atoms with Crippen molar-refractivity contribution in [2.45, 2.75) is 6.04 Å². The average molecular weight is 361 g/mol. The van der Waals surface area contributed by atoms with Gasteiger partial charge in [0.25, 0.3) is 0 Å². The van der Waals surface area contributed by atoms with Crippen LogP contribution >= 0.6 is 11.6 Å². The topological polar surface area (TPSA) is 54.7 Å². The van der Waals surface area contributed by atoms with Crippen molar-refractivity contribution in [2.75, 3.05) is 32.8 Å². The van der Waals surface area contributed by atoms with Gasteiger partial charge in [-0.05, 0) is 35.9 Å². The molecular formula is C19H21ClN2O3. The molecule has 2 heterocycles.